The maximum atomic E-state index is 13.0. The topological polar surface area (TPSA) is 77.6 Å². The van der Waals surface area contributed by atoms with E-state index < -0.39 is 0 Å². The fourth-order valence-electron chi connectivity index (χ4n) is 3.23. The van der Waals surface area contributed by atoms with Crippen LogP contribution in [0.15, 0.2) is 53.6 Å². The Labute approximate surface area is 145 Å². The van der Waals surface area contributed by atoms with E-state index in [1.165, 1.54) is 4.68 Å². The number of hydrogen-bond acceptors (Lipinski definition) is 5. The number of aromatic nitrogens is 5. The summed E-state index contributed by atoms with van der Waals surface area (Å²) in [5.74, 6) is 1.61. The summed E-state index contributed by atoms with van der Waals surface area (Å²) < 4.78 is 3.19. The van der Waals surface area contributed by atoms with Crippen molar-refractivity contribution in [3.8, 4) is 5.69 Å². The molecule has 0 amide bonds. The lowest BCUT2D eigenvalue weighted by Gasteiger charge is -2.22. The maximum absolute atomic E-state index is 13.0. The Balaban J connectivity index is 1.78. The van der Waals surface area contributed by atoms with Crippen LogP contribution in [0.3, 0.4) is 0 Å². The van der Waals surface area contributed by atoms with Crippen molar-refractivity contribution in [3.05, 3.63) is 70.9 Å². The van der Waals surface area contributed by atoms with Gasteiger partial charge < -0.3 is 5.32 Å². The van der Waals surface area contributed by atoms with Crippen molar-refractivity contribution in [2.24, 2.45) is 0 Å². The molecule has 128 valence electrons. The summed E-state index contributed by atoms with van der Waals surface area (Å²) in [6.07, 6.45) is 5.46. The Bertz CT molecular complexity index is 881. The van der Waals surface area contributed by atoms with E-state index in [1.807, 2.05) is 30.3 Å². The van der Waals surface area contributed by atoms with Gasteiger partial charge in [-0.25, -0.2) is 24.0 Å². The molecule has 1 aliphatic rings. The molecular weight excluding hydrogens is 316 g/mol. The molecule has 3 aromatic rings. The maximum Gasteiger partial charge on any atom is 0.351 e. The van der Waals surface area contributed by atoms with E-state index in [0.717, 1.165) is 37.4 Å². The second-order valence-electron chi connectivity index (χ2n) is 6.18. The first-order chi connectivity index (χ1) is 12.3. The molecule has 1 fully saturated rings. The summed E-state index contributed by atoms with van der Waals surface area (Å²) in [6.45, 7) is 2.13. The number of hydrogen-bond donors (Lipinski definition) is 1. The normalized spacial score (nSPS) is 17.5. The average molecular weight is 336 g/mol. The zero-order valence-electron chi connectivity index (χ0n) is 13.9. The largest absolute Gasteiger partial charge is 0.351 e. The van der Waals surface area contributed by atoms with Gasteiger partial charge in [0, 0.05) is 24.9 Å². The molecule has 1 atom stereocenters. The zero-order valence-corrected chi connectivity index (χ0v) is 13.9. The Hall–Kier alpha value is -2.80. The quantitative estimate of drug-likeness (QED) is 0.778. The minimum absolute atomic E-state index is 0.153. The van der Waals surface area contributed by atoms with Crippen molar-refractivity contribution in [2.45, 2.75) is 25.3 Å². The van der Waals surface area contributed by atoms with Gasteiger partial charge in [-0.15, -0.1) is 0 Å². The molecule has 2 aromatic heterocycles. The van der Waals surface area contributed by atoms with Crippen LogP contribution in [-0.2, 0) is 6.54 Å². The van der Waals surface area contributed by atoms with Crippen LogP contribution < -0.4 is 11.0 Å². The Morgan fingerprint density at radius 1 is 1.12 bits per heavy atom. The van der Waals surface area contributed by atoms with E-state index in [4.69, 9.17) is 0 Å². The monoisotopic (exact) mass is 336 g/mol. The number of benzene rings is 1. The first-order valence-electron chi connectivity index (χ1n) is 8.55. The molecule has 7 nitrogen and oxygen atoms in total. The molecular formula is C18H20N6O. The van der Waals surface area contributed by atoms with Crippen LogP contribution in [0.2, 0.25) is 0 Å². The number of piperidine rings is 1. The highest BCUT2D eigenvalue weighted by molar-refractivity contribution is 5.33. The van der Waals surface area contributed by atoms with Crippen molar-refractivity contribution in [3.63, 3.8) is 0 Å². The molecule has 1 saturated heterocycles. The van der Waals surface area contributed by atoms with Gasteiger partial charge in [-0.05, 0) is 37.6 Å². The summed E-state index contributed by atoms with van der Waals surface area (Å²) in [4.78, 5) is 21.4. The van der Waals surface area contributed by atoms with Crippen LogP contribution in [0, 0.1) is 0 Å². The number of rotatable bonds is 4. The molecule has 1 N–H and O–H groups in total. The molecule has 0 bridgehead atoms. The van der Waals surface area contributed by atoms with Gasteiger partial charge in [0.05, 0.1) is 5.69 Å². The van der Waals surface area contributed by atoms with Gasteiger partial charge in [0.25, 0.3) is 0 Å². The van der Waals surface area contributed by atoms with Crippen molar-refractivity contribution < 1.29 is 0 Å². The lowest BCUT2D eigenvalue weighted by molar-refractivity contribution is 0.439. The predicted octanol–water partition coefficient (Wildman–Crippen LogP) is 1.34. The highest BCUT2D eigenvalue weighted by atomic mass is 16.2. The van der Waals surface area contributed by atoms with Gasteiger partial charge in [-0.1, -0.05) is 18.2 Å². The minimum atomic E-state index is -0.153. The zero-order chi connectivity index (χ0) is 17.1. The number of nitrogens with zero attached hydrogens (tertiary/aromatic N) is 5. The van der Waals surface area contributed by atoms with E-state index in [9.17, 15) is 4.79 Å². The standard InChI is InChI=1S/C18H20N6O/c25-18-23(13-16-20-10-5-11-21-16)22-17(14-6-4-9-19-12-14)24(18)15-7-2-1-3-8-15/h1-3,5,7-8,10-11,14,19H,4,6,9,12-13H2. The van der Waals surface area contributed by atoms with Crippen LogP contribution in [0.5, 0.6) is 0 Å². The molecule has 0 aliphatic carbocycles. The van der Waals surface area contributed by atoms with Crippen LogP contribution in [-0.4, -0.2) is 37.4 Å². The highest BCUT2D eigenvalue weighted by Gasteiger charge is 2.25. The molecule has 0 radical (unpaired) electrons. The van der Waals surface area contributed by atoms with Crippen molar-refractivity contribution >= 4 is 0 Å². The highest BCUT2D eigenvalue weighted by Crippen LogP contribution is 2.22. The summed E-state index contributed by atoms with van der Waals surface area (Å²) in [5, 5.41) is 8.05. The summed E-state index contributed by atoms with van der Waals surface area (Å²) in [5.41, 5.74) is 0.688. The molecule has 1 aliphatic heterocycles. The smallest absolute Gasteiger partial charge is 0.316 e. The third kappa shape index (κ3) is 3.23. The Morgan fingerprint density at radius 3 is 2.64 bits per heavy atom. The third-order valence-corrected chi connectivity index (χ3v) is 4.45. The molecule has 0 saturated carbocycles. The van der Waals surface area contributed by atoms with Crippen LogP contribution >= 0.6 is 0 Å². The summed E-state index contributed by atoms with van der Waals surface area (Å²) in [7, 11) is 0. The second kappa shape index (κ2) is 6.98. The van der Waals surface area contributed by atoms with Gasteiger partial charge in [0.1, 0.15) is 18.2 Å². The minimum Gasteiger partial charge on any atom is -0.316 e. The Kier molecular flexibility index (Phi) is 4.39. The summed E-state index contributed by atoms with van der Waals surface area (Å²) >= 11 is 0. The van der Waals surface area contributed by atoms with Crippen LogP contribution in [0.4, 0.5) is 0 Å². The molecule has 7 heteroatoms. The van der Waals surface area contributed by atoms with Gasteiger partial charge >= 0.3 is 5.69 Å². The van der Waals surface area contributed by atoms with Crippen molar-refractivity contribution in [2.75, 3.05) is 13.1 Å². The SMILES string of the molecule is O=c1n(Cc2ncccn2)nc(C2CCCNC2)n1-c1ccccc1. The number of para-hydroxylation sites is 1. The Morgan fingerprint density at radius 2 is 1.92 bits per heavy atom. The van der Waals surface area contributed by atoms with Crippen molar-refractivity contribution in [1.82, 2.24) is 29.6 Å². The van der Waals surface area contributed by atoms with E-state index in [0.29, 0.717) is 5.82 Å². The summed E-state index contributed by atoms with van der Waals surface area (Å²) in [6, 6.07) is 11.4. The molecule has 1 aromatic carbocycles. The van der Waals surface area contributed by atoms with Gasteiger partial charge in [-0.3, -0.25) is 0 Å². The van der Waals surface area contributed by atoms with Gasteiger partial charge in [0.15, 0.2) is 0 Å². The lowest BCUT2D eigenvalue weighted by Crippen LogP contribution is -2.31. The first kappa shape index (κ1) is 15.7. The van der Waals surface area contributed by atoms with E-state index in [1.54, 1.807) is 23.0 Å². The fourth-order valence-corrected chi connectivity index (χ4v) is 3.23. The lowest BCUT2D eigenvalue weighted by atomic mass is 9.99. The van der Waals surface area contributed by atoms with Gasteiger partial charge in [-0.2, -0.15) is 5.10 Å². The fraction of sp³-hybridized carbons (Fsp3) is 0.333. The van der Waals surface area contributed by atoms with Crippen LogP contribution in [0.25, 0.3) is 5.69 Å². The number of nitrogens with one attached hydrogen (secondary N) is 1. The predicted molar refractivity (Wildman–Crippen MR) is 93.8 cm³/mol. The van der Waals surface area contributed by atoms with Crippen molar-refractivity contribution in [1.29, 1.82) is 0 Å². The van der Waals surface area contributed by atoms with Crippen LogP contribution in [0.1, 0.15) is 30.4 Å². The molecule has 25 heavy (non-hydrogen) atoms. The molecule has 0 spiro atoms. The second-order valence-corrected chi connectivity index (χ2v) is 6.18. The molecule has 1 unspecified atom stereocenters. The average Bonchev–Trinajstić information content (AvgIpc) is 3.00. The van der Waals surface area contributed by atoms with E-state index in [-0.39, 0.29) is 18.2 Å². The molecule has 3 heterocycles. The van der Waals surface area contributed by atoms with Gasteiger partial charge in [0.2, 0.25) is 0 Å². The molecule has 4 rings (SSSR count). The first-order valence-corrected chi connectivity index (χ1v) is 8.55. The van der Waals surface area contributed by atoms with E-state index in [2.05, 4.69) is 20.4 Å². The third-order valence-electron chi connectivity index (χ3n) is 4.45. The van der Waals surface area contributed by atoms with E-state index >= 15 is 0 Å².